The first-order valence-electron chi connectivity index (χ1n) is 19.2. The number of halogens is 2. The summed E-state index contributed by atoms with van der Waals surface area (Å²) >= 11 is 4.24. The third kappa shape index (κ3) is 4.49. The van der Waals surface area contributed by atoms with Crippen molar-refractivity contribution in [1.82, 2.24) is 0 Å². The Morgan fingerprint density at radius 2 is 1.04 bits per heavy atom. The van der Waals surface area contributed by atoms with Gasteiger partial charge in [-0.1, -0.05) is 87.8 Å². The zero-order valence-corrected chi connectivity index (χ0v) is 39.1. The van der Waals surface area contributed by atoms with Gasteiger partial charge in [0, 0.05) is 37.2 Å². The van der Waals surface area contributed by atoms with Crippen molar-refractivity contribution in [2.45, 2.75) is 151 Å². The highest BCUT2D eigenvalue weighted by Gasteiger charge is 2.83. The van der Waals surface area contributed by atoms with Crippen molar-refractivity contribution < 1.29 is 0 Å². The molecular weight excluding hydrogens is 818 g/mol. The predicted octanol–water partition coefficient (Wildman–Crippen LogP) is 15.4. The van der Waals surface area contributed by atoms with E-state index in [0.717, 1.165) is 6.42 Å². The van der Waals surface area contributed by atoms with Gasteiger partial charge in [0.1, 0.15) is 0 Å². The Labute approximate surface area is 325 Å². The van der Waals surface area contributed by atoms with Crippen LogP contribution in [0.2, 0.25) is 0 Å². The van der Waals surface area contributed by atoms with Crippen LogP contribution in [0.4, 0.5) is 0 Å². The Kier molecular flexibility index (Phi) is 9.86. The van der Waals surface area contributed by atoms with Crippen LogP contribution in [0.15, 0.2) is 12.2 Å². The minimum absolute atomic E-state index is 0.154. The lowest BCUT2D eigenvalue weighted by molar-refractivity contribution is -0.127. The Bertz CT molecular complexity index is 1820. The van der Waals surface area contributed by atoms with Crippen molar-refractivity contribution in [2.24, 2.45) is 50.2 Å². The first kappa shape index (κ1) is 39.6. The summed E-state index contributed by atoms with van der Waals surface area (Å²) in [6.45, 7) is 48.1. The molecule has 0 aromatic heterocycles. The van der Waals surface area contributed by atoms with Gasteiger partial charge in [0.15, 0.2) is 0 Å². The van der Waals surface area contributed by atoms with Gasteiger partial charge in [-0.3, -0.25) is 0 Å². The van der Waals surface area contributed by atoms with E-state index in [1.165, 1.54) is 73.7 Å². The molecule has 3 aliphatic carbocycles. The molecule has 0 saturated heterocycles. The van der Waals surface area contributed by atoms with Crippen molar-refractivity contribution >= 4 is 58.8 Å². The van der Waals surface area contributed by atoms with Gasteiger partial charge in [0.2, 0.25) is 0 Å². The van der Waals surface area contributed by atoms with Crippen molar-refractivity contribution in [3.05, 3.63) is 67.8 Å². The maximum absolute atomic E-state index is 2.79. The van der Waals surface area contributed by atoms with Gasteiger partial charge in [-0.25, -0.2) is 0 Å². The molecule has 0 aliphatic heterocycles. The largest absolute Gasteiger partial charge is 0.0877 e. The molecule has 49 heavy (non-hydrogen) atoms. The molecule has 6 unspecified atom stereocenters. The summed E-state index contributed by atoms with van der Waals surface area (Å²) in [6, 6.07) is 0. The highest BCUT2D eigenvalue weighted by molar-refractivity contribution is 15.0. The first-order chi connectivity index (χ1) is 22.4. The summed E-state index contributed by atoms with van der Waals surface area (Å²) in [7, 11) is 0. The smallest absolute Gasteiger partial charge is 0 e. The average molecular weight is 887 g/mol. The second-order valence-corrected chi connectivity index (χ2v) is 19.4. The number of allylic oxidation sites excluding steroid dienone is 2. The van der Waals surface area contributed by atoms with Crippen molar-refractivity contribution in [3.63, 3.8) is 0 Å². The fraction of sp³-hybridized carbons (Fsp3) is 0.660. The molecule has 0 amide bonds. The summed E-state index contributed by atoms with van der Waals surface area (Å²) in [5, 5.41) is 6.21. The summed E-state index contributed by atoms with van der Waals surface area (Å²) in [4.78, 5) is 0. The van der Waals surface area contributed by atoms with E-state index in [-0.39, 0.29) is 32.5 Å². The number of hydrogen-bond acceptors (Lipinski definition) is 0. The molecule has 0 radical (unpaired) electrons. The molecule has 0 N–H and O–H groups in total. The van der Waals surface area contributed by atoms with E-state index >= 15 is 0 Å². The summed E-state index contributed by atoms with van der Waals surface area (Å²) < 4.78 is 0. The van der Waals surface area contributed by atoms with Crippen LogP contribution in [-0.4, -0.2) is 0 Å². The van der Waals surface area contributed by atoms with Gasteiger partial charge >= 0.3 is 0 Å². The van der Waals surface area contributed by atoms with Gasteiger partial charge in [-0.05, 0) is 203 Å². The molecule has 6 atom stereocenters. The summed E-state index contributed by atoms with van der Waals surface area (Å²) in [5.41, 5.74) is 16.2. The first-order valence-corrected chi connectivity index (χ1v) is 25.5. The lowest BCUT2D eigenvalue weighted by Gasteiger charge is -2.63. The fourth-order valence-corrected chi connectivity index (χ4v) is 13.7. The van der Waals surface area contributed by atoms with Gasteiger partial charge < -0.3 is 0 Å². The van der Waals surface area contributed by atoms with Crippen LogP contribution in [0.1, 0.15) is 138 Å². The van der Waals surface area contributed by atoms with Crippen LogP contribution in [0.5, 0.6) is 0 Å². The van der Waals surface area contributed by atoms with Crippen molar-refractivity contribution in [1.29, 1.82) is 0 Å². The lowest BCUT2D eigenvalue weighted by atomic mass is 9.41. The molecule has 3 aliphatic rings. The third-order valence-corrected chi connectivity index (χ3v) is 18.3. The minimum Gasteiger partial charge on any atom is -0.0877 e. The Morgan fingerprint density at radius 3 is 1.45 bits per heavy atom. The maximum atomic E-state index is 2.79. The normalized spacial score (nSPS) is 31.3. The molecule has 3 aromatic carbocycles. The summed E-state index contributed by atoms with van der Waals surface area (Å²) in [6.07, 6.45) is 8.89. The fourth-order valence-electron chi connectivity index (χ4n) is 13.7. The highest BCUT2D eigenvalue weighted by atomic mass is 128. The van der Waals surface area contributed by atoms with E-state index in [0.29, 0.717) is 17.8 Å². The second-order valence-electron chi connectivity index (χ2n) is 19.4. The zero-order valence-electron chi connectivity index (χ0n) is 34.8. The molecule has 6 rings (SSSR count). The van der Waals surface area contributed by atoms with Crippen LogP contribution in [0.25, 0.3) is 21.5 Å². The number of hydrogen-bond donors (Lipinski definition) is 0. The molecule has 0 heterocycles. The van der Waals surface area contributed by atoms with Gasteiger partial charge in [0.25, 0.3) is 0 Å². The monoisotopic (exact) mass is 886 g/mol. The van der Waals surface area contributed by atoms with Crippen LogP contribution < -0.4 is 0 Å². The van der Waals surface area contributed by atoms with Crippen LogP contribution in [-0.2, 0) is 6.42 Å². The molecule has 270 valence electrons. The summed E-state index contributed by atoms with van der Waals surface area (Å²) in [5.74, 6) is 1.91. The van der Waals surface area contributed by atoms with Gasteiger partial charge in [-0.2, -0.15) is 0 Å². The SMILES string of the molecule is CCC(C)(C)C1(C)C=CCC2C1C1(C)C(Cc3c4c(C)c(C)c(C)c(C)c4c(C)c4c(C)c(C)c(C)c(C)c34)C(C)(C)C2(C)C1(C)C.II. The van der Waals surface area contributed by atoms with E-state index in [1.807, 2.05) is 0 Å². The molecule has 2 bridgehead atoms. The maximum Gasteiger partial charge on any atom is 0 e. The Hall–Kier alpha value is -0.620. The quantitative estimate of drug-likeness (QED) is 0.139. The molecule has 3 aromatic rings. The topological polar surface area (TPSA) is 0 Å². The standard InChI is InChI=1S/C47H68.I2/c1-20-42(11,12)45(17)23-21-22-35-41(45)46(18)36(43(13,14)47(35,19)44(46,15)16)24-34-39-31(8)27(4)25(2)29(6)37(39)33(10)38-30(7)26(3)28(5)32(9)40(34)38;1-2/h21,23,35-36,41H,20,22,24H2,1-19H3;. The predicted molar refractivity (Wildman–Crippen MR) is 236 cm³/mol. The Balaban J connectivity index is 0.00000230. The molecule has 2 saturated carbocycles. The lowest BCUT2D eigenvalue weighted by Crippen LogP contribution is -2.58. The van der Waals surface area contributed by atoms with Crippen LogP contribution in [0, 0.1) is 113 Å². The van der Waals surface area contributed by atoms with E-state index in [2.05, 4.69) is 181 Å². The van der Waals surface area contributed by atoms with Crippen molar-refractivity contribution in [2.75, 3.05) is 0 Å². The molecular formula is C47H68I2. The number of rotatable bonds is 4. The second kappa shape index (κ2) is 12.2. The van der Waals surface area contributed by atoms with Crippen molar-refractivity contribution in [3.8, 4) is 0 Å². The molecule has 2 fully saturated rings. The van der Waals surface area contributed by atoms with E-state index in [1.54, 1.807) is 16.3 Å². The highest BCUT2D eigenvalue weighted by Crippen LogP contribution is 2.88. The molecule has 0 nitrogen and oxygen atoms in total. The number of fused-ring (bicyclic) bond motifs is 7. The van der Waals surface area contributed by atoms with Crippen LogP contribution in [0.3, 0.4) is 0 Å². The molecule has 2 heteroatoms. The average Bonchev–Trinajstić information content (AvgIpc) is 3.25. The van der Waals surface area contributed by atoms with Crippen LogP contribution >= 0.6 is 37.2 Å². The van der Waals surface area contributed by atoms with E-state index < -0.39 is 0 Å². The third-order valence-electron chi connectivity index (χ3n) is 18.3. The minimum atomic E-state index is 0.154. The number of benzene rings is 3. The van der Waals surface area contributed by atoms with Gasteiger partial charge in [-0.15, -0.1) is 0 Å². The zero-order chi connectivity index (χ0) is 37.4. The van der Waals surface area contributed by atoms with E-state index in [9.17, 15) is 0 Å². The number of aryl methyl sites for hydroxylation is 5. The van der Waals surface area contributed by atoms with E-state index in [4.69, 9.17) is 0 Å². The van der Waals surface area contributed by atoms with Gasteiger partial charge in [0.05, 0.1) is 0 Å². The Morgan fingerprint density at radius 1 is 0.633 bits per heavy atom. The molecule has 0 spiro atoms.